The van der Waals surface area contributed by atoms with E-state index in [1.165, 1.54) is 28.1 Å². The highest BCUT2D eigenvalue weighted by molar-refractivity contribution is 8.44. The minimum atomic E-state index is -4.31. The SMILES string of the molecule is Nc1nc2c(ncn2[C@@H]2S[C@@H]3CO[PH](=O)O[C@H]4[C@H](F)[C@H](n5cnc6c(N)ncnc65)O[C@@H]4COP(=O)(S)O[C@@H]2[C@@H]3O)c(=O)[nH]1. The molecule has 44 heavy (non-hydrogen) atoms. The van der Waals surface area contributed by atoms with Gasteiger partial charge in [0, 0.05) is 0 Å². The maximum Gasteiger partial charge on any atom is 0.386 e. The topological polar surface area (TPSA) is 260 Å². The fraction of sp³-hybridized carbons (Fsp3) is 0.500. The van der Waals surface area contributed by atoms with Crippen molar-refractivity contribution in [2.45, 2.75) is 47.4 Å². The van der Waals surface area contributed by atoms with Crippen molar-refractivity contribution in [3.8, 4) is 0 Å². The van der Waals surface area contributed by atoms with Crippen molar-refractivity contribution in [2.75, 3.05) is 24.7 Å². The standard InChI is InChI=1S/C20H23FN10O9P2S2/c21-8-12-6(38-18(8)30-4-26-9-14(22)24-3-25-15(9)30)1-37-42(35,43)40-13-11(32)7(2-36-41(34)39-12)44-19(13)31-5-27-10-16(31)28-20(23)29-17(10)33/h3-8,11-13,18-19,32,41H,1-2H2,(H,35,43)(H2,22,24,25)(H3,23,28,29,33)/t6-,7-,8+,11-,12-,13-,18-,19-,42?/m1/s1. The van der Waals surface area contributed by atoms with E-state index in [-0.39, 0.29) is 40.7 Å². The minimum absolute atomic E-state index is 0.0366. The van der Waals surface area contributed by atoms with Crippen LogP contribution in [-0.2, 0) is 32.0 Å². The van der Waals surface area contributed by atoms with Gasteiger partial charge in [-0.15, -0.1) is 11.8 Å². The summed E-state index contributed by atoms with van der Waals surface area (Å²) in [5.74, 6) is -0.111. The van der Waals surface area contributed by atoms with E-state index in [1.54, 1.807) is 0 Å². The molecule has 19 nitrogen and oxygen atoms in total. The number of thiol groups is 1. The number of aliphatic hydroxyl groups excluding tert-OH is 1. The van der Waals surface area contributed by atoms with E-state index in [9.17, 15) is 19.0 Å². The molecule has 4 aromatic rings. The molecular formula is C20H23FN10O9P2S2. The Hall–Kier alpha value is -2.65. The van der Waals surface area contributed by atoms with Gasteiger partial charge in [-0.3, -0.25) is 32.5 Å². The number of imidazole rings is 2. The lowest BCUT2D eigenvalue weighted by molar-refractivity contribution is -0.0426. The summed E-state index contributed by atoms with van der Waals surface area (Å²) in [6.45, 7) is -5.25. The van der Waals surface area contributed by atoms with Crippen LogP contribution in [-0.4, -0.2) is 93.2 Å². The molecular weight excluding hydrogens is 669 g/mol. The molecule has 3 fully saturated rings. The van der Waals surface area contributed by atoms with E-state index < -0.39 is 74.7 Å². The lowest BCUT2D eigenvalue weighted by Crippen LogP contribution is -2.35. The Morgan fingerprint density at radius 3 is 2.73 bits per heavy atom. The van der Waals surface area contributed by atoms with Gasteiger partial charge in [0.2, 0.25) is 5.95 Å². The predicted octanol–water partition coefficient (Wildman–Crippen LogP) is 0.579. The number of aromatic nitrogens is 8. The lowest BCUT2D eigenvalue weighted by atomic mass is 10.1. The average molecular weight is 693 g/mol. The highest BCUT2D eigenvalue weighted by atomic mass is 32.7. The molecule has 0 saturated carbocycles. The summed E-state index contributed by atoms with van der Waals surface area (Å²) in [7, 11) is -3.39. The largest absolute Gasteiger partial charge is 0.389 e. The zero-order chi connectivity index (χ0) is 30.9. The molecule has 0 radical (unpaired) electrons. The lowest BCUT2D eigenvalue weighted by Gasteiger charge is -2.26. The highest BCUT2D eigenvalue weighted by Gasteiger charge is 2.52. The second-order valence-electron chi connectivity index (χ2n) is 9.90. The average Bonchev–Trinajstić information content (AvgIpc) is 3.72. The first kappa shape index (κ1) is 30.0. The van der Waals surface area contributed by atoms with Crippen LogP contribution < -0.4 is 17.0 Å². The Kier molecular flexibility index (Phi) is 7.71. The van der Waals surface area contributed by atoms with Gasteiger partial charge in [0.1, 0.15) is 35.5 Å². The Labute approximate surface area is 254 Å². The fourth-order valence-electron chi connectivity index (χ4n) is 5.22. The first-order chi connectivity index (χ1) is 21.0. The molecule has 6 N–H and O–H groups in total. The molecule has 3 saturated heterocycles. The number of halogens is 1. The Morgan fingerprint density at radius 2 is 1.91 bits per heavy atom. The van der Waals surface area contributed by atoms with Gasteiger partial charge in [-0.1, -0.05) is 12.2 Å². The summed E-state index contributed by atoms with van der Waals surface area (Å²) < 4.78 is 73.0. The zero-order valence-electron chi connectivity index (χ0n) is 21.9. The Bertz CT molecular complexity index is 1880. The number of nitrogens with zero attached hydrogens (tertiary/aromatic N) is 7. The molecule has 7 heterocycles. The van der Waals surface area contributed by atoms with Crippen LogP contribution >= 0.6 is 39.1 Å². The second-order valence-corrected chi connectivity index (χ2v) is 15.2. The van der Waals surface area contributed by atoms with E-state index in [2.05, 4.69) is 42.2 Å². The molecule has 4 aromatic heterocycles. The summed E-state index contributed by atoms with van der Waals surface area (Å²) in [6, 6.07) is 0. The number of ether oxygens (including phenoxy) is 1. The van der Waals surface area contributed by atoms with Gasteiger partial charge in [0.25, 0.3) is 5.56 Å². The molecule has 2 bridgehead atoms. The van der Waals surface area contributed by atoms with Crippen LogP contribution in [0.25, 0.3) is 22.3 Å². The van der Waals surface area contributed by atoms with Crippen LogP contribution in [0, 0.1) is 0 Å². The van der Waals surface area contributed by atoms with E-state index >= 15 is 4.39 Å². The van der Waals surface area contributed by atoms with Gasteiger partial charge < -0.3 is 30.4 Å². The van der Waals surface area contributed by atoms with Crippen molar-refractivity contribution in [3.63, 3.8) is 0 Å². The van der Waals surface area contributed by atoms with Crippen LogP contribution in [0.15, 0.2) is 23.8 Å². The highest BCUT2D eigenvalue weighted by Crippen LogP contribution is 2.59. The third kappa shape index (κ3) is 5.21. The molecule has 0 aliphatic carbocycles. The van der Waals surface area contributed by atoms with E-state index in [4.69, 9.17) is 34.3 Å². The summed E-state index contributed by atoms with van der Waals surface area (Å²) >= 11 is 5.16. The van der Waals surface area contributed by atoms with Crippen molar-refractivity contribution in [3.05, 3.63) is 29.3 Å². The number of thioether (sulfide) groups is 1. The van der Waals surface area contributed by atoms with Crippen molar-refractivity contribution < 1.29 is 41.5 Å². The van der Waals surface area contributed by atoms with E-state index in [1.807, 2.05) is 0 Å². The van der Waals surface area contributed by atoms with Crippen molar-refractivity contribution in [1.82, 2.24) is 39.0 Å². The monoisotopic (exact) mass is 692 g/mol. The maximum absolute atomic E-state index is 15.9. The number of anilines is 2. The van der Waals surface area contributed by atoms with Gasteiger partial charge in [-0.05, 0) is 0 Å². The van der Waals surface area contributed by atoms with Crippen LogP contribution in [0.3, 0.4) is 0 Å². The number of fused-ring (bicyclic) bond motifs is 5. The molecule has 7 rings (SSSR count). The number of hydrogen-bond donors (Lipinski definition) is 5. The molecule has 10 atom stereocenters. The van der Waals surface area contributed by atoms with Crippen molar-refractivity contribution >= 4 is 73.2 Å². The quantitative estimate of drug-likeness (QED) is 0.142. The Balaban J connectivity index is 1.18. The minimum Gasteiger partial charge on any atom is -0.389 e. The van der Waals surface area contributed by atoms with Gasteiger partial charge in [0.15, 0.2) is 35.0 Å². The maximum atomic E-state index is 15.9. The summed E-state index contributed by atoms with van der Waals surface area (Å²) in [5.41, 5.74) is 11.4. The number of H-pyrrole nitrogens is 1. The summed E-state index contributed by atoms with van der Waals surface area (Å²) in [4.78, 5) is 34.9. The van der Waals surface area contributed by atoms with Crippen molar-refractivity contribution in [2.24, 2.45) is 0 Å². The molecule has 0 aromatic carbocycles. The predicted molar refractivity (Wildman–Crippen MR) is 155 cm³/mol. The van der Waals surface area contributed by atoms with Crippen LogP contribution in [0.4, 0.5) is 16.2 Å². The third-order valence-electron chi connectivity index (χ3n) is 7.22. The smallest absolute Gasteiger partial charge is 0.386 e. The number of nitrogens with one attached hydrogen (secondary N) is 1. The van der Waals surface area contributed by atoms with Crippen LogP contribution in [0.1, 0.15) is 11.6 Å². The zero-order valence-corrected chi connectivity index (χ0v) is 25.5. The molecule has 2 unspecified atom stereocenters. The fourth-order valence-corrected chi connectivity index (χ4v) is 9.26. The first-order valence-corrected chi connectivity index (χ1v) is 17.6. The number of rotatable bonds is 2. The van der Waals surface area contributed by atoms with Gasteiger partial charge in [-0.2, -0.15) is 4.98 Å². The van der Waals surface area contributed by atoms with Gasteiger partial charge in [0.05, 0.1) is 37.2 Å². The van der Waals surface area contributed by atoms with Crippen LogP contribution in [0.5, 0.6) is 0 Å². The molecule has 24 heteroatoms. The Morgan fingerprint density at radius 1 is 1.14 bits per heavy atom. The molecule has 0 amide bonds. The molecule has 236 valence electrons. The van der Waals surface area contributed by atoms with Crippen molar-refractivity contribution in [1.29, 1.82) is 0 Å². The number of nitrogens with two attached hydrogens (primary N) is 2. The number of aliphatic hydroxyl groups is 1. The number of aromatic amines is 1. The number of alkyl halides is 1. The molecule has 3 aliphatic heterocycles. The van der Waals surface area contributed by atoms with Crippen LogP contribution in [0.2, 0.25) is 0 Å². The third-order valence-corrected chi connectivity index (χ3v) is 11.2. The molecule has 3 aliphatic rings. The second kappa shape index (κ2) is 11.3. The summed E-state index contributed by atoms with van der Waals surface area (Å²) in [6.07, 6.45) is -5.06. The number of hydrogen-bond acceptors (Lipinski definition) is 17. The summed E-state index contributed by atoms with van der Waals surface area (Å²) in [5, 5.41) is 9.42. The number of nitrogen functional groups attached to an aromatic ring is 2. The van der Waals surface area contributed by atoms with Gasteiger partial charge in [-0.25, -0.2) is 28.9 Å². The van der Waals surface area contributed by atoms with Gasteiger partial charge >= 0.3 is 15.1 Å². The first-order valence-electron chi connectivity index (χ1n) is 12.8. The normalized spacial score (nSPS) is 36.6. The van der Waals surface area contributed by atoms with E-state index in [0.717, 1.165) is 11.8 Å². The van der Waals surface area contributed by atoms with E-state index in [0.29, 0.717) is 0 Å². The molecule has 0 spiro atoms.